The maximum Gasteiger partial charge on any atom is 0.295 e. The Balaban J connectivity index is 2.12. The fourth-order valence-corrected chi connectivity index (χ4v) is 3.05. The molecule has 0 bridgehead atoms. The van der Waals surface area contributed by atoms with Crippen molar-refractivity contribution in [1.82, 2.24) is 14.8 Å². The van der Waals surface area contributed by atoms with Crippen LogP contribution >= 0.6 is 0 Å². The third kappa shape index (κ3) is 3.36. The summed E-state index contributed by atoms with van der Waals surface area (Å²) >= 11 is 0. The molecule has 1 N–H and O–H groups in total. The van der Waals surface area contributed by atoms with Crippen LogP contribution in [0.1, 0.15) is 17.2 Å². The number of hydrogen-bond acceptors (Lipinski definition) is 5. The molecule has 1 amide bonds. The average molecular weight is 351 g/mol. The van der Waals surface area contributed by atoms with Crippen molar-refractivity contribution >= 4 is 17.4 Å². The molecule has 1 aliphatic rings. The van der Waals surface area contributed by atoms with Crippen molar-refractivity contribution in [1.29, 1.82) is 0 Å². The second-order valence-corrected chi connectivity index (χ2v) is 6.45. The standard InChI is InChI=1S/C20H21N3O3/c1-22(2)11-12-23-17(15-9-6-10-21-13-15)16(19(25)20(23)26)18(24)14-7-4-3-5-8-14/h3-10,13,17,24H,11-12H2,1-2H3/b18-16-. The van der Waals surface area contributed by atoms with Crippen molar-refractivity contribution in [2.75, 3.05) is 27.2 Å². The highest BCUT2D eigenvalue weighted by atomic mass is 16.3. The molecule has 1 saturated heterocycles. The number of carbonyl (C=O) groups excluding carboxylic acids is 2. The lowest BCUT2D eigenvalue weighted by Gasteiger charge is -2.26. The molecule has 1 atom stereocenters. The van der Waals surface area contributed by atoms with E-state index in [4.69, 9.17) is 0 Å². The van der Waals surface area contributed by atoms with Crippen molar-refractivity contribution in [2.45, 2.75) is 6.04 Å². The first-order valence-electron chi connectivity index (χ1n) is 8.39. The Bertz CT molecular complexity index is 832. The number of likely N-dealkylation sites (N-methyl/N-ethyl adjacent to an activating group) is 1. The normalized spacial score (nSPS) is 19.3. The van der Waals surface area contributed by atoms with Crippen LogP contribution in [-0.2, 0) is 9.59 Å². The van der Waals surface area contributed by atoms with Gasteiger partial charge in [-0.2, -0.15) is 0 Å². The number of aliphatic hydroxyl groups excluding tert-OH is 1. The van der Waals surface area contributed by atoms with Crippen molar-refractivity contribution in [2.24, 2.45) is 0 Å². The Morgan fingerprint density at radius 1 is 1.15 bits per heavy atom. The average Bonchev–Trinajstić information content (AvgIpc) is 2.91. The predicted molar refractivity (Wildman–Crippen MR) is 98.2 cm³/mol. The van der Waals surface area contributed by atoms with Gasteiger partial charge in [-0.3, -0.25) is 14.6 Å². The maximum atomic E-state index is 12.7. The van der Waals surface area contributed by atoms with Crippen LogP contribution in [0.5, 0.6) is 0 Å². The zero-order chi connectivity index (χ0) is 18.7. The molecule has 1 aromatic heterocycles. The van der Waals surface area contributed by atoms with E-state index >= 15 is 0 Å². The molecule has 6 nitrogen and oxygen atoms in total. The molecular formula is C20H21N3O3. The minimum atomic E-state index is -0.668. The molecule has 2 heterocycles. The van der Waals surface area contributed by atoms with Gasteiger partial charge in [-0.05, 0) is 25.7 Å². The summed E-state index contributed by atoms with van der Waals surface area (Å²) in [5, 5.41) is 10.8. The number of aromatic nitrogens is 1. The van der Waals surface area contributed by atoms with Crippen LogP contribution in [0.2, 0.25) is 0 Å². The lowest BCUT2D eigenvalue weighted by Crippen LogP contribution is -2.35. The van der Waals surface area contributed by atoms with Crippen LogP contribution in [-0.4, -0.2) is 58.8 Å². The maximum absolute atomic E-state index is 12.7. The number of benzene rings is 1. The van der Waals surface area contributed by atoms with Crippen LogP contribution < -0.4 is 0 Å². The van der Waals surface area contributed by atoms with E-state index in [9.17, 15) is 14.7 Å². The first kappa shape index (κ1) is 17.8. The topological polar surface area (TPSA) is 73.7 Å². The Morgan fingerprint density at radius 2 is 1.88 bits per heavy atom. The number of likely N-dealkylation sites (tertiary alicyclic amines) is 1. The quantitative estimate of drug-likeness (QED) is 0.507. The monoisotopic (exact) mass is 351 g/mol. The number of rotatable bonds is 5. The largest absolute Gasteiger partial charge is 0.507 e. The van der Waals surface area contributed by atoms with Gasteiger partial charge in [0, 0.05) is 31.0 Å². The number of ketones is 1. The molecule has 3 rings (SSSR count). The Morgan fingerprint density at radius 3 is 2.50 bits per heavy atom. The molecule has 1 unspecified atom stereocenters. The van der Waals surface area contributed by atoms with Gasteiger partial charge in [-0.25, -0.2) is 0 Å². The van der Waals surface area contributed by atoms with Crippen LogP contribution in [0.4, 0.5) is 0 Å². The summed E-state index contributed by atoms with van der Waals surface area (Å²) in [5.74, 6) is -1.43. The molecule has 0 saturated carbocycles. The van der Waals surface area contributed by atoms with Gasteiger partial charge in [0.2, 0.25) is 0 Å². The number of carbonyl (C=O) groups is 2. The zero-order valence-corrected chi connectivity index (χ0v) is 14.8. The van der Waals surface area contributed by atoms with Crippen molar-refractivity contribution in [3.05, 3.63) is 71.6 Å². The van der Waals surface area contributed by atoms with Crippen LogP contribution in [0.3, 0.4) is 0 Å². The third-order valence-corrected chi connectivity index (χ3v) is 4.38. The summed E-state index contributed by atoms with van der Waals surface area (Å²) in [6, 6.07) is 11.7. The van der Waals surface area contributed by atoms with Crippen molar-refractivity contribution in [3.63, 3.8) is 0 Å². The van der Waals surface area contributed by atoms with E-state index in [0.29, 0.717) is 24.2 Å². The van der Waals surface area contributed by atoms with E-state index < -0.39 is 17.7 Å². The van der Waals surface area contributed by atoms with Crippen LogP contribution in [0.25, 0.3) is 5.76 Å². The Labute approximate surface area is 152 Å². The van der Waals surface area contributed by atoms with E-state index in [0.717, 1.165) is 0 Å². The van der Waals surface area contributed by atoms with Gasteiger partial charge in [-0.1, -0.05) is 36.4 Å². The van der Waals surface area contributed by atoms with Gasteiger partial charge in [0.05, 0.1) is 11.6 Å². The lowest BCUT2D eigenvalue weighted by atomic mass is 9.96. The first-order valence-corrected chi connectivity index (χ1v) is 8.39. The first-order chi connectivity index (χ1) is 12.5. The number of Topliss-reactive ketones (excluding diaryl/α,β-unsaturated/α-hetero) is 1. The van der Waals surface area contributed by atoms with Gasteiger partial charge < -0.3 is 14.9 Å². The summed E-state index contributed by atoms with van der Waals surface area (Å²) in [7, 11) is 3.80. The zero-order valence-electron chi connectivity index (χ0n) is 14.8. The van der Waals surface area contributed by atoms with Crippen LogP contribution in [0.15, 0.2) is 60.4 Å². The molecule has 2 aromatic rings. The van der Waals surface area contributed by atoms with Crippen molar-refractivity contribution < 1.29 is 14.7 Å². The Kier molecular flexibility index (Phi) is 5.14. The van der Waals surface area contributed by atoms with E-state index in [-0.39, 0.29) is 11.3 Å². The van der Waals surface area contributed by atoms with E-state index in [2.05, 4.69) is 4.98 Å². The van der Waals surface area contributed by atoms with Gasteiger partial charge >= 0.3 is 0 Å². The summed E-state index contributed by atoms with van der Waals surface area (Å²) < 4.78 is 0. The molecular weight excluding hydrogens is 330 g/mol. The molecule has 1 aromatic carbocycles. The van der Waals surface area contributed by atoms with Crippen molar-refractivity contribution in [3.8, 4) is 0 Å². The molecule has 0 radical (unpaired) electrons. The fourth-order valence-electron chi connectivity index (χ4n) is 3.05. The molecule has 6 heteroatoms. The number of aliphatic hydroxyl groups is 1. The summed E-state index contributed by atoms with van der Waals surface area (Å²) in [6.45, 7) is 0.984. The molecule has 0 aliphatic carbocycles. The summed E-state index contributed by atoms with van der Waals surface area (Å²) in [4.78, 5) is 32.9. The predicted octanol–water partition coefficient (Wildman–Crippen LogP) is 2.06. The SMILES string of the molecule is CN(C)CCN1C(=O)C(=O)/C(=C(\O)c2ccccc2)C1c1cccnc1. The highest BCUT2D eigenvalue weighted by Crippen LogP contribution is 2.38. The molecule has 26 heavy (non-hydrogen) atoms. The number of nitrogens with zero attached hydrogens (tertiary/aromatic N) is 3. The number of hydrogen-bond donors (Lipinski definition) is 1. The van der Waals surface area contributed by atoms with Gasteiger partial charge in [0.25, 0.3) is 11.7 Å². The highest BCUT2D eigenvalue weighted by Gasteiger charge is 2.45. The molecule has 134 valence electrons. The summed E-state index contributed by atoms with van der Waals surface area (Å²) in [5.41, 5.74) is 1.31. The second-order valence-electron chi connectivity index (χ2n) is 6.45. The number of amides is 1. The Hall–Kier alpha value is -2.99. The third-order valence-electron chi connectivity index (χ3n) is 4.38. The number of pyridine rings is 1. The van der Waals surface area contributed by atoms with Gasteiger partial charge in [-0.15, -0.1) is 0 Å². The van der Waals surface area contributed by atoms with E-state index in [1.54, 1.807) is 42.7 Å². The summed E-state index contributed by atoms with van der Waals surface area (Å²) in [6.07, 6.45) is 3.25. The minimum absolute atomic E-state index is 0.105. The fraction of sp³-hybridized carbons (Fsp3) is 0.250. The van der Waals surface area contributed by atoms with E-state index in [1.807, 2.05) is 31.1 Å². The second kappa shape index (κ2) is 7.49. The van der Waals surface area contributed by atoms with Gasteiger partial charge in [0.15, 0.2) is 0 Å². The van der Waals surface area contributed by atoms with Gasteiger partial charge in [0.1, 0.15) is 5.76 Å². The highest BCUT2D eigenvalue weighted by molar-refractivity contribution is 6.46. The minimum Gasteiger partial charge on any atom is -0.507 e. The molecule has 1 aliphatic heterocycles. The smallest absolute Gasteiger partial charge is 0.295 e. The lowest BCUT2D eigenvalue weighted by molar-refractivity contribution is -0.140. The van der Waals surface area contributed by atoms with Crippen LogP contribution in [0, 0.1) is 0 Å². The molecule has 1 fully saturated rings. The van der Waals surface area contributed by atoms with E-state index in [1.165, 1.54) is 4.90 Å². The molecule has 0 spiro atoms.